The molecule has 7 heteroatoms. The van der Waals surface area contributed by atoms with E-state index in [4.69, 9.17) is 16.7 Å². The number of nitrogens with zero attached hydrogens (tertiary/aromatic N) is 1. The van der Waals surface area contributed by atoms with Crippen molar-refractivity contribution in [1.82, 2.24) is 5.32 Å². The Morgan fingerprint density at radius 2 is 2.11 bits per heavy atom. The van der Waals surface area contributed by atoms with Crippen molar-refractivity contribution in [3.05, 3.63) is 28.8 Å². The van der Waals surface area contributed by atoms with Gasteiger partial charge in [-0.1, -0.05) is 11.6 Å². The number of amides is 3. The van der Waals surface area contributed by atoms with Crippen molar-refractivity contribution in [3.8, 4) is 0 Å². The van der Waals surface area contributed by atoms with Gasteiger partial charge in [0.2, 0.25) is 5.91 Å². The molecule has 0 spiro atoms. The number of anilines is 1. The number of hydrogen-bond acceptors (Lipinski definition) is 3. The van der Waals surface area contributed by atoms with Crippen LogP contribution in [0.2, 0.25) is 5.02 Å². The number of carbonyl (C=O) groups excluding carboxylic acids is 2. The Balaban J connectivity index is 2.34. The third-order valence-corrected chi connectivity index (χ3v) is 2.88. The van der Waals surface area contributed by atoms with Crippen LogP contribution in [0.1, 0.15) is 16.8 Å². The molecule has 1 aliphatic heterocycles. The monoisotopic (exact) mass is 268 g/mol. The number of urea groups is 1. The minimum absolute atomic E-state index is 0.0844. The van der Waals surface area contributed by atoms with Crippen LogP contribution in [-0.4, -0.2) is 29.6 Å². The summed E-state index contributed by atoms with van der Waals surface area (Å²) in [5.41, 5.74) is 0.306. The highest BCUT2D eigenvalue weighted by atomic mass is 35.5. The summed E-state index contributed by atoms with van der Waals surface area (Å²) in [4.78, 5) is 34.8. The first kappa shape index (κ1) is 12.4. The first-order valence-corrected chi connectivity index (χ1v) is 5.51. The lowest BCUT2D eigenvalue weighted by Gasteiger charge is -2.26. The van der Waals surface area contributed by atoms with Gasteiger partial charge in [-0.15, -0.1) is 0 Å². The zero-order chi connectivity index (χ0) is 13.3. The zero-order valence-corrected chi connectivity index (χ0v) is 9.90. The van der Waals surface area contributed by atoms with Crippen molar-refractivity contribution in [2.24, 2.45) is 0 Å². The van der Waals surface area contributed by atoms with Gasteiger partial charge in [0.1, 0.15) is 0 Å². The molecule has 3 amide bonds. The van der Waals surface area contributed by atoms with Gasteiger partial charge in [-0.05, 0) is 18.2 Å². The fourth-order valence-corrected chi connectivity index (χ4v) is 1.85. The molecule has 0 atom stereocenters. The number of halogens is 1. The number of nitrogens with one attached hydrogen (secondary N) is 1. The van der Waals surface area contributed by atoms with Crippen LogP contribution in [-0.2, 0) is 4.79 Å². The van der Waals surface area contributed by atoms with Gasteiger partial charge in [-0.25, -0.2) is 9.59 Å². The number of rotatable bonds is 2. The summed E-state index contributed by atoms with van der Waals surface area (Å²) in [6, 6.07) is 3.68. The molecule has 18 heavy (non-hydrogen) atoms. The number of carboxylic acids is 1. The number of benzene rings is 1. The smallest absolute Gasteiger partial charge is 0.337 e. The molecule has 1 aromatic carbocycles. The first-order chi connectivity index (χ1) is 8.49. The molecule has 2 N–H and O–H groups in total. The maximum absolute atomic E-state index is 11.6. The fraction of sp³-hybridized carbons (Fsp3) is 0.182. The van der Waals surface area contributed by atoms with Crippen LogP contribution >= 0.6 is 11.6 Å². The molecule has 0 bridgehead atoms. The Hall–Kier alpha value is -2.08. The van der Waals surface area contributed by atoms with E-state index >= 15 is 0 Å². The summed E-state index contributed by atoms with van der Waals surface area (Å²) in [6.45, 7) is 0.214. The van der Waals surface area contributed by atoms with Crippen LogP contribution in [0, 0.1) is 0 Å². The van der Waals surface area contributed by atoms with E-state index in [0.717, 1.165) is 0 Å². The molecule has 6 nitrogen and oxygen atoms in total. The van der Waals surface area contributed by atoms with Crippen molar-refractivity contribution in [2.75, 3.05) is 11.4 Å². The standard InChI is InChI=1S/C11H9ClN2O4/c12-8-2-1-6(5-7(8)10(16)17)14-4-3-9(15)13-11(14)18/h1-2,5H,3-4H2,(H,16,17)(H,13,15,18). The Kier molecular flexibility index (Phi) is 3.20. The van der Waals surface area contributed by atoms with Crippen molar-refractivity contribution >= 4 is 35.2 Å². The summed E-state index contributed by atoms with van der Waals surface area (Å²) in [5.74, 6) is -1.51. The average molecular weight is 269 g/mol. The molecule has 0 aliphatic carbocycles. The van der Waals surface area contributed by atoms with Crippen LogP contribution < -0.4 is 10.2 Å². The largest absolute Gasteiger partial charge is 0.478 e. The number of carboxylic acid groups (broad SMARTS) is 1. The SMILES string of the molecule is O=C1CCN(c2ccc(Cl)c(C(=O)O)c2)C(=O)N1. The average Bonchev–Trinajstić information content (AvgIpc) is 2.30. The molecule has 1 heterocycles. The van der Waals surface area contributed by atoms with Crippen LogP contribution in [0.15, 0.2) is 18.2 Å². The summed E-state index contributed by atoms with van der Waals surface area (Å²) in [7, 11) is 0. The Morgan fingerprint density at radius 1 is 1.39 bits per heavy atom. The van der Waals surface area contributed by atoms with Gasteiger partial charge in [-0.3, -0.25) is 15.0 Å². The lowest BCUT2D eigenvalue weighted by Crippen LogP contribution is -2.49. The van der Waals surface area contributed by atoms with Crippen LogP contribution in [0.25, 0.3) is 0 Å². The molecular weight excluding hydrogens is 260 g/mol. The molecular formula is C11H9ClN2O4. The van der Waals surface area contributed by atoms with Crippen LogP contribution in [0.4, 0.5) is 10.5 Å². The Bertz CT molecular complexity index is 544. The van der Waals surface area contributed by atoms with E-state index in [-0.39, 0.29) is 29.5 Å². The van der Waals surface area contributed by atoms with Gasteiger partial charge >= 0.3 is 12.0 Å². The van der Waals surface area contributed by atoms with Gasteiger partial charge in [0, 0.05) is 18.7 Å². The topological polar surface area (TPSA) is 86.7 Å². The maximum Gasteiger partial charge on any atom is 0.337 e. The second kappa shape index (κ2) is 4.66. The molecule has 1 fully saturated rings. The third kappa shape index (κ3) is 2.28. The van der Waals surface area contributed by atoms with E-state index in [1.54, 1.807) is 0 Å². The van der Waals surface area contributed by atoms with Crippen molar-refractivity contribution in [2.45, 2.75) is 6.42 Å². The molecule has 94 valence electrons. The predicted molar refractivity (Wildman–Crippen MR) is 63.9 cm³/mol. The summed E-state index contributed by atoms with van der Waals surface area (Å²) in [6.07, 6.45) is 0.177. The van der Waals surface area contributed by atoms with Gasteiger partial charge in [0.05, 0.1) is 10.6 Å². The zero-order valence-electron chi connectivity index (χ0n) is 9.14. The normalized spacial score (nSPS) is 15.5. The summed E-state index contributed by atoms with van der Waals surface area (Å²) < 4.78 is 0. The third-order valence-electron chi connectivity index (χ3n) is 2.55. The molecule has 1 saturated heterocycles. The minimum Gasteiger partial charge on any atom is -0.478 e. The lowest BCUT2D eigenvalue weighted by molar-refractivity contribution is -0.120. The molecule has 0 radical (unpaired) electrons. The van der Waals surface area contributed by atoms with E-state index < -0.39 is 12.0 Å². The molecule has 0 aromatic heterocycles. The van der Waals surface area contributed by atoms with Crippen molar-refractivity contribution < 1.29 is 19.5 Å². The fourth-order valence-electron chi connectivity index (χ4n) is 1.66. The van der Waals surface area contributed by atoms with Crippen molar-refractivity contribution in [3.63, 3.8) is 0 Å². The first-order valence-electron chi connectivity index (χ1n) is 5.13. The van der Waals surface area contributed by atoms with Gasteiger partial charge < -0.3 is 5.11 Å². The second-order valence-electron chi connectivity index (χ2n) is 3.72. The van der Waals surface area contributed by atoms with Gasteiger partial charge in [0.15, 0.2) is 0 Å². The number of aromatic carboxylic acids is 1. The molecule has 1 aromatic rings. The van der Waals surface area contributed by atoms with E-state index in [2.05, 4.69) is 5.32 Å². The maximum atomic E-state index is 11.6. The van der Waals surface area contributed by atoms with E-state index in [9.17, 15) is 14.4 Å². The highest BCUT2D eigenvalue weighted by Gasteiger charge is 2.25. The Labute approximate surface area is 107 Å². The van der Waals surface area contributed by atoms with E-state index in [0.29, 0.717) is 5.69 Å². The van der Waals surface area contributed by atoms with Gasteiger partial charge in [-0.2, -0.15) is 0 Å². The lowest BCUT2D eigenvalue weighted by atomic mass is 10.1. The highest BCUT2D eigenvalue weighted by molar-refractivity contribution is 6.33. The highest BCUT2D eigenvalue weighted by Crippen LogP contribution is 2.24. The Morgan fingerprint density at radius 3 is 2.72 bits per heavy atom. The van der Waals surface area contributed by atoms with Gasteiger partial charge in [0.25, 0.3) is 0 Å². The van der Waals surface area contributed by atoms with E-state index in [1.165, 1.54) is 23.1 Å². The van der Waals surface area contributed by atoms with Crippen LogP contribution in [0.5, 0.6) is 0 Å². The second-order valence-corrected chi connectivity index (χ2v) is 4.13. The number of imide groups is 1. The summed E-state index contributed by atoms with van der Waals surface area (Å²) >= 11 is 5.74. The van der Waals surface area contributed by atoms with E-state index in [1.807, 2.05) is 0 Å². The summed E-state index contributed by atoms with van der Waals surface area (Å²) in [5, 5.41) is 11.2. The number of carbonyl (C=O) groups is 3. The quantitative estimate of drug-likeness (QED) is 0.851. The molecule has 2 rings (SSSR count). The molecule has 0 unspecified atom stereocenters. The van der Waals surface area contributed by atoms with Crippen LogP contribution in [0.3, 0.4) is 0 Å². The molecule has 1 aliphatic rings. The molecule has 0 saturated carbocycles. The minimum atomic E-state index is -1.17. The predicted octanol–water partition coefficient (Wildman–Crippen LogP) is 1.48. The van der Waals surface area contributed by atoms with Crippen molar-refractivity contribution in [1.29, 1.82) is 0 Å². The number of hydrogen-bond donors (Lipinski definition) is 2.